The Morgan fingerprint density at radius 1 is 1.23 bits per heavy atom. The molecule has 3 rings (SSSR count). The van der Waals surface area contributed by atoms with Crippen molar-refractivity contribution in [3.63, 3.8) is 0 Å². The summed E-state index contributed by atoms with van der Waals surface area (Å²) in [5, 5.41) is 0. The maximum atomic E-state index is 11.8. The Kier molecular flexibility index (Phi) is 4.49. The highest BCUT2D eigenvalue weighted by Crippen LogP contribution is 2.31. The van der Waals surface area contributed by atoms with Crippen molar-refractivity contribution in [3.8, 4) is 0 Å². The lowest BCUT2D eigenvalue weighted by molar-refractivity contribution is -0.123. The predicted molar refractivity (Wildman–Crippen MR) is 86.0 cm³/mol. The minimum atomic E-state index is -0.223. The molecule has 2 N–H and O–H groups in total. The minimum Gasteiger partial charge on any atom is -0.368 e. The monoisotopic (exact) mass is 295 g/mol. The lowest BCUT2D eigenvalue weighted by Gasteiger charge is -2.32. The van der Waals surface area contributed by atoms with Gasteiger partial charge in [-0.15, -0.1) is 0 Å². The first-order valence-corrected chi connectivity index (χ1v) is 7.75. The molecule has 1 fully saturated rings. The average Bonchev–Trinajstić information content (AvgIpc) is 3.04. The number of primary amides is 1. The fraction of sp³-hybridized carbons (Fsp3) is 0.333. The molecule has 22 heavy (non-hydrogen) atoms. The first-order valence-electron chi connectivity index (χ1n) is 7.75. The van der Waals surface area contributed by atoms with Crippen LogP contribution in [0.2, 0.25) is 0 Å². The summed E-state index contributed by atoms with van der Waals surface area (Å²) in [6.07, 6.45) is 4.46. The van der Waals surface area contributed by atoms with Gasteiger partial charge in [0.1, 0.15) is 0 Å². The molecule has 1 saturated heterocycles. The Balaban J connectivity index is 1.91. The topological polar surface area (TPSA) is 59.2 Å². The molecule has 1 amide bonds. The Labute approximate surface area is 131 Å². The summed E-state index contributed by atoms with van der Waals surface area (Å²) < 4.78 is 0. The van der Waals surface area contributed by atoms with E-state index in [9.17, 15) is 4.79 Å². The highest BCUT2D eigenvalue weighted by Gasteiger charge is 2.35. The van der Waals surface area contributed by atoms with Crippen molar-refractivity contribution in [2.24, 2.45) is 5.73 Å². The third-order valence-electron chi connectivity index (χ3n) is 4.34. The van der Waals surface area contributed by atoms with Gasteiger partial charge in [0.05, 0.1) is 6.04 Å². The standard InChI is InChI=1S/C18H21N3O/c19-18(22)16-10-6-12-21(16)17(14-7-2-1-3-8-14)13-15-9-4-5-11-20-15/h1-5,7-9,11,16-17H,6,10,12-13H2,(H2,19,22)/t16?,17-/m0/s1. The zero-order chi connectivity index (χ0) is 15.4. The first-order chi connectivity index (χ1) is 10.8. The lowest BCUT2D eigenvalue weighted by atomic mass is 9.99. The zero-order valence-electron chi connectivity index (χ0n) is 12.6. The van der Waals surface area contributed by atoms with Crippen molar-refractivity contribution < 1.29 is 4.79 Å². The van der Waals surface area contributed by atoms with Crippen molar-refractivity contribution >= 4 is 5.91 Å². The summed E-state index contributed by atoms with van der Waals surface area (Å²) in [5.74, 6) is -0.223. The maximum absolute atomic E-state index is 11.8. The van der Waals surface area contributed by atoms with Crippen LogP contribution in [0.4, 0.5) is 0 Å². The number of carbonyl (C=O) groups excluding carboxylic acids is 1. The number of hydrogen-bond donors (Lipinski definition) is 1. The molecule has 1 aliphatic heterocycles. The second-order valence-corrected chi connectivity index (χ2v) is 5.75. The van der Waals surface area contributed by atoms with Gasteiger partial charge in [-0.25, -0.2) is 0 Å². The van der Waals surface area contributed by atoms with E-state index < -0.39 is 0 Å². The van der Waals surface area contributed by atoms with E-state index >= 15 is 0 Å². The second-order valence-electron chi connectivity index (χ2n) is 5.75. The Hall–Kier alpha value is -2.20. The molecule has 0 bridgehead atoms. The maximum Gasteiger partial charge on any atom is 0.234 e. The fourth-order valence-electron chi connectivity index (χ4n) is 3.29. The van der Waals surface area contributed by atoms with E-state index in [0.717, 1.165) is 31.5 Å². The highest BCUT2D eigenvalue weighted by atomic mass is 16.1. The number of nitrogens with two attached hydrogens (primary N) is 1. The SMILES string of the molecule is NC(=O)C1CCCN1[C@@H](Cc1ccccn1)c1ccccc1. The second kappa shape index (κ2) is 6.71. The fourth-order valence-corrected chi connectivity index (χ4v) is 3.29. The number of carbonyl (C=O) groups is 1. The number of rotatable bonds is 5. The molecule has 1 unspecified atom stereocenters. The van der Waals surface area contributed by atoms with Crippen LogP contribution in [0.15, 0.2) is 54.7 Å². The van der Waals surface area contributed by atoms with Gasteiger partial charge in [-0.2, -0.15) is 0 Å². The molecule has 4 nitrogen and oxygen atoms in total. The molecule has 0 aliphatic carbocycles. The Morgan fingerprint density at radius 2 is 2.00 bits per heavy atom. The summed E-state index contributed by atoms with van der Waals surface area (Å²) in [4.78, 5) is 18.5. The number of benzene rings is 1. The number of nitrogens with zero attached hydrogens (tertiary/aromatic N) is 2. The normalized spacial score (nSPS) is 19.9. The summed E-state index contributed by atoms with van der Waals surface area (Å²) in [5.41, 5.74) is 7.84. The third kappa shape index (κ3) is 3.17. The van der Waals surface area contributed by atoms with Crippen LogP contribution in [-0.2, 0) is 11.2 Å². The van der Waals surface area contributed by atoms with Gasteiger partial charge in [-0.3, -0.25) is 14.7 Å². The number of pyridine rings is 1. The molecule has 4 heteroatoms. The van der Waals surface area contributed by atoms with Crippen LogP contribution in [0.5, 0.6) is 0 Å². The van der Waals surface area contributed by atoms with Gasteiger partial charge in [0, 0.05) is 24.4 Å². The molecule has 0 saturated carbocycles. The molecule has 114 valence electrons. The summed E-state index contributed by atoms with van der Waals surface area (Å²) in [6.45, 7) is 0.903. The van der Waals surface area contributed by atoms with Gasteiger partial charge in [0.2, 0.25) is 5.91 Å². The van der Waals surface area contributed by atoms with Crippen molar-refractivity contribution in [2.75, 3.05) is 6.54 Å². The van der Waals surface area contributed by atoms with Crippen molar-refractivity contribution in [3.05, 3.63) is 66.0 Å². The lowest BCUT2D eigenvalue weighted by Crippen LogP contribution is -2.43. The van der Waals surface area contributed by atoms with E-state index in [1.165, 1.54) is 5.56 Å². The van der Waals surface area contributed by atoms with Gasteiger partial charge in [0.25, 0.3) is 0 Å². The van der Waals surface area contributed by atoms with Gasteiger partial charge in [-0.1, -0.05) is 36.4 Å². The first kappa shape index (κ1) is 14.7. The van der Waals surface area contributed by atoms with E-state index in [4.69, 9.17) is 5.73 Å². The van der Waals surface area contributed by atoms with Crippen molar-refractivity contribution in [1.29, 1.82) is 0 Å². The highest BCUT2D eigenvalue weighted by molar-refractivity contribution is 5.80. The molecule has 0 radical (unpaired) electrons. The smallest absolute Gasteiger partial charge is 0.234 e. The largest absolute Gasteiger partial charge is 0.368 e. The number of likely N-dealkylation sites (tertiary alicyclic amines) is 1. The molecule has 0 spiro atoms. The molecule has 1 aliphatic rings. The van der Waals surface area contributed by atoms with Crippen molar-refractivity contribution in [1.82, 2.24) is 9.88 Å². The van der Waals surface area contributed by atoms with Crippen LogP contribution >= 0.6 is 0 Å². The molecule has 2 aromatic rings. The summed E-state index contributed by atoms with van der Waals surface area (Å²) >= 11 is 0. The van der Waals surface area contributed by atoms with Crippen LogP contribution in [0.25, 0.3) is 0 Å². The third-order valence-corrected chi connectivity index (χ3v) is 4.34. The van der Waals surface area contributed by atoms with Crippen LogP contribution < -0.4 is 5.73 Å². The molecule has 2 heterocycles. The average molecular weight is 295 g/mol. The van der Waals surface area contributed by atoms with Crippen LogP contribution in [0.3, 0.4) is 0 Å². The Morgan fingerprint density at radius 3 is 2.68 bits per heavy atom. The van der Waals surface area contributed by atoms with Gasteiger partial charge >= 0.3 is 0 Å². The van der Waals surface area contributed by atoms with Gasteiger partial charge in [-0.05, 0) is 37.1 Å². The molecular weight excluding hydrogens is 274 g/mol. The van der Waals surface area contributed by atoms with E-state index in [0.29, 0.717) is 0 Å². The predicted octanol–water partition coefficient (Wildman–Crippen LogP) is 2.32. The van der Waals surface area contributed by atoms with Crippen LogP contribution in [-0.4, -0.2) is 28.4 Å². The molecule has 2 atom stereocenters. The molecular formula is C18H21N3O. The summed E-state index contributed by atoms with van der Waals surface area (Å²) in [6, 6.07) is 16.2. The van der Waals surface area contributed by atoms with E-state index in [1.54, 1.807) is 0 Å². The minimum absolute atomic E-state index is 0.135. The quantitative estimate of drug-likeness (QED) is 0.921. The van der Waals surface area contributed by atoms with Crippen LogP contribution in [0, 0.1) is 0 Å². The van der Waals surface area contributed by atoms with Crippen LogP contribution in [0.1, 0.15) is 30.1 Å². The summed E-state index contributed by atoms with van der Waals surface area (Å²) in [7, 11) is 0. The van der Waals surface area contributed by atoms with Gasteiger partial charge in [0.15, 0.2) is 0 Å². The number of hydrogen-bond acceptors (Lipinski definition) is 3. The van der Waals surface area contributed by atoms with E-state index in [2.05, 4.69) is 22.0 Å². The Bertz CT molecular complexity index is 615. The number of amides is 1. The number of aromatic nitrogens is 1. The molecule has 1 aromatic heterocycles. The van der Waals surface area contributed by atoms with Crippen molar-refractivity contribution in [2.45, 2.75) is 31.3 Å². The molecule has 1 aromatic carbocycles. The van der Waals surface area contributed by atoms with Gasteiger partial charge < -0.3 is 5.73 Å². The zero-order valence-corrected chi connectivity index (χ0v) is 12.6. The van der Waals surface area contributed by atoms with E-state index in [-0.39, 0.29) is 18.0 Å². The van der Waals surface area contributed by atoms with E-state index in [1.807, 2.05) is 42.6 Å².